The van der Waals surface area contributed by atoms with Gasteiger partial charge in [0.1, 0.15) is 23.0 Å². The average molecular weight is 458 g/mol. The second kappa shape index (κ2) is 9.90. The van der Waals surface area contributed by atoms with Crippen molar-refractivity contribution in [1.29, 1.82) is 0 Å². The fourth-order valence-corrected chi connectivity index (χ4v) is 3.72. The molecule has 0 radical (unpaired) electrons. The van der Waals surface area contributed by atoms with E-state index >= 15 is 0 Å². The molecule has 0 spiro atoms. The third-order valence-electron chi connectivity index (χ3n) is 5.44. The molecule has 0 saturated carbocycles. The van der Waals surface area contributed by atoms with Gasteiger partial charge in [-0.1, -0.05) is 30.3 Å². The first-order valence-corrected chi connectivity index (χ1v) is 10.0. The van der Waals surface area contributed by atoms with Crippen LogP contribution in [0.15, 0.2) is 54.9 Å². The summed E-state index contributed by atoms with van der Waals surface area (Å²) in [4.78, 5) is 0. The van der Waals surface area contributed by atoms with Gasteiger partial charge in [0.25, 0.3) is 0 Å². The summed E-state index contributed by atoms with van der Waals surface area (Å²) >= 11 is 0. The Morgan fingerprint density at radius 1 is 1.00 bits per heavy atom. The van der Waals surface area contributed by atoms with Crippen molar-refractivity contribution in [2.24, 2.45) is 0 Å². The van der Waals surface area contributed by atoms with Gasteiger partial charge in [-0.05, 0) is 42.5 Å². The number of alkyl halides is 3. The first-order valence-electron chi connectivity index (χ1n) is 10.0. The molecule has 2 atom stereocenters. The number of hydrogen-bond acceptors (Lipinski definition) is 1. The van der Waals surface area contributed by atoms with Crippen molar-refractivity contribution in [3.05, 3.63) is 88.8 Å². The molecule has 0 amide bonds. The van der Waals surface area contributed by atoms with Gasteiger partial charge in [0.2, 0.25) is 0 Å². The van der Waals surface area contributed by atoms with Crippen LogP contribution in [0, 0.1) is 11.6 Å². The molecule has 0 bridgehead atoms. The van der Waals surface area contributed by atoms with Gasteiger partial charge in [0.05, 0.1) is 12.7 Å². The maximum absolute atomic E-state index is 14.1. The molecule has 1 aliphatic heterocycles. The van der Waals surface area contributed by atoms with Gasteiger partial charge >= 0.3 is 6.18 Å². The largest absolute Gasteiger partial charge is 0.422 e. The number of hydrogen-bond donors (Lipinski definition) is 0. The fourth-order valence-electron chi connectivity index (χ4n) is 3.72. The maximum atomic E-state index is 14.1. The van der Waals surface area contributed by atoms with E-state index in [-0.39, 0.29) is 30.1 Å². The van der Waals surface area contributed by atoms with Crippen LogP contribution >= 0.6 is 0 Å². The standard InChI is InChI=1S/C24H21F7O/c1-2-3-4-18(25)23(28)15-7-5-14(6-8-15)16-9-10-21(32-13-16)17-11-19(26)22(20(27)12-17)24(29,30)31/h2,5-8,11-12,16,21H,1,3-4,9-10,13H2. The van der Waals surface area contributed by atoms with E-state index < -0.39 is 41.1 Å². The summed E-state index contributed by atoms with van der Waals surface area (Å²) in [5.41, 5.74) is -0.988. The molecule has 0 aliphatic carbocycles. The summed E-state index contributed by atoms with van der Waals surface area (Å²) < 4.78 is 99.5. The highest BCUT2D eigenvalue weighted by Crippen LogP contribution is 2.39. The lowest BCUT2D eigenvalue weighted by atomic mass is 9.88. The van der Waals surface area contributed by atoms with Gasteiger partial charge in [-0.2, -0.15) is 13.2 Å². The monoisotopic (exact) mass is 458 g/mol. The van der Waals surface area contributed by atoms with Crippen LogP contribution < -0.4 is 0 Å². The molecule has 0 N–H and O–H groups in total. The highest BCUT2D eigenvalue weighted by molar-refractivity contribution is 5.61. The summed E-state index contributed by atoms with van der Waals surface area (Å²) in [6.45, 7) is 3.64. The molecule has 1 nitrogen and oxygen atoms in total. The van der Waals surface area contributed by atoms with Gasteiger partial charge in [-0.15, -0.1) is 6.58 Å². The first-order chi connectivity index (χ1) is 15.1. The van der Waals surface area contributed by atoms with Crippen LogP contribution in [0.25, 0.3) is 5.83 Å². The minimum atomic E-state index is -5.12. The number of ether oxygens (including phenoxy) is 1. The summed E-state index contributed by atoms with van der Waals surface area (Å²) in [5, 5.41) is 0. The smallest absolute Gasteiger partial charge is 0.373 e. The van der Waals surface area contributed by atoms with Crippen molar-refractivity contribution in [2.75, 3.05) is 6.61 Å². The van der Waals surface area contributed by atoms with Crippen molar-refractivity contribution in [3.8, 4) is 0 Å². The summed E-state index contributed by atoms with van der Waals surface area (Å²) in [7, 11) is 0. The Bertz CT molecular complexity index is 961. The number of halogens is 7. The minimum Gasteiger partial charge on any atom is -0.373 e. The molecule has 1 saturated heterocycles. The van der Waals surface area contributed by atoms with Gasteiger partial charge < -0.3 is 4.74 Å². The van der Waals surface area contributed by atoms with Gasteiger partial charge in [-0.25, -0.2) is 17.6 Å². The van der Waals surface area contributed by atoms with E-state index in [1.165, 1.54) is 18.2 Å². The molecule has 172 valence electrons. The lowest BCUT2D eigenvalue weighted by Crippen LogP contribution is -2.20. The Labute approximate surface area is 181 Å². The molecule has 2 aromatic carbocycles. The second-order valence-electron chi connectivity index (χ2n) is 7.62. The number of allylic oxidation sites excluding steroid dienone is 2. The summed E-state index contributed by atoms with van der Waals surface area (Å²) in [6.07, 6.45) is -3.23. The van der Waals surface area contributed by atoms with Crippen LogP contribution in [-0.2, 0) is 10.9 Å². The van der Waals surface area contributed by atoms with Crippen molar-refractivity contribution in [2.45, 2.75) is 43.9 Å². The van der Waals surface area contributed by atoms with Crippen LogP contribution in [0.3, 0.4) is 0 Å². The minimum absolute atomic E-state index is 0.00371. The topological polar surface area (TPSA) is 9.23 Å². The molecule has 0 aromatic heterocycles. The quantitative estimate of drug-likeness (QED) is 0.313. The Morgan fingerprint density at radius 3 is 2.12 bits per heavy atom. The zero-order valence-corrected chi connectivity index (χ0v) is 17.0. The summed E-state index contributed by atoms with van der Waals surface area (Å²) in [5.74, 6) is -5.22. The van der Waals surface area contributed by atoms with Crippen LogP contribution in [-0.4, -0.2) is 6.61 Å². The molecule has 1 aliphatic rings. The van der Waals surface area contributed by atoms with Gasteiger partial charge in [-0.3, -0.25) is 0 Å². The van der Waals surface area contributed by atoms with E-state index in [1.807, 2.05) is 0 Å². The predicted octanol–water partition coefficient (Wildman–Crippen LogP) is 8.19. The number of benzene rings is 2. The Kier molecular flexibility index (Phi) is 7.44. The Balaban J connectivity index is 1.67. The van der Waals surface area contributed by atoms with Crippen LogP contribution in [0.1, 0.15) is 60.0 Å². The molecule has 2 aromatic rings. The van der Waals surface area contributed by atoms with Crippen LogP contribution in [0.2, 0.25) is 0 Å². The SMILES string of the molecule is C=CCCC(F)=C(F)c1ccc(C2CCC(c3cc(F)c(C(F)(F)F)c(F)c3)OC2)cc1. The van der Waals surface area contributed by atoms with Crippen LogP contribution in [0.5, 0.6) is 0 Å². The predicted molar refractivity (Wildman–Crippen MR) is 107 cm³/mol. The normalized spacial score (nSPS) is 20.1. The third kappa shape index (κ3) is 5.41. The Morgan fingerprint density at radius 2 is 1.62 bits per heavy atom. The van der Waals surface area contributed by atoms with Crippen molar-refractivity contribution in [3.63, 3.8) is 0 Å². The van der Waals surface area contributed by atoms with E-state index in [0.29, 0.717) is 31.4 Å². The van der Waals surface area contributed by atoms with Gasteiger partial charge in [0.15, 0.2) is 5.83 Å². The fraction of sp³-hybridized carbons (Fsp3) is 0.333. The number of rotatable bonds is 6. The molecular formula is C24H21F7O. The van der Waals surface area contributed by atoms with Gasteiger partial charge in [0, 0.05) is 17.9 Å². The molecule has 3 rings (SSSR count). The zero-order chi connectivity index (χ0) is 23.5. The molecule has 8 heteroatoms. The van der Waals surface area contributed by atoms with Crippen molar-refractivity contribution < 1.29 is 35.5 Å². The molecule has 2 unspecified atom stereocenters. The first kappa shape index (κ1) is 24.0. The zero-order valence-electron chi connectivity index (χ0n) is 17.0. The van der Waals surface area contributed by atoms with Crippen molar-refractivity contribution in [1.82, 2.24) is 0 Å². The highest BCUT2D eigenvalue weighted by Gasteiger charge is 2.38. The Hall–Kier alpha value is -2.61. The van der Waals surface area contributed by atoms with E-state index in [1.54, 1.807) is 12.1 Å². The van der Waals surface area contributed by atoms with Crippen LogP contribution in [0.4, 0.5) is 30.7 Å². The molecular weight excluding hydrogens is 437 g/mol. The van der Waals surface area contributed by atoms with E-state index in [2.05, 4.69) is 6.58 Å². The summed E-state index contributed by atoms with van der Waals surface area (Å²) in [6, 6.07) is 7.54. The lowest BCUT2D eigenvalue weighted by molar-refractivity contribution is -0.142. The maximum Gasteiger partial charge on any atom is 0.422 e. The molecule has 1 heterocycles. The average Bonchev–Trinajstić information content (AvgIpc) is 2.75. The van der Waals surface area contributed by atoms with E-state index in [4.69, 9.17) is 4.74 Å². The molecule has 32 heavy (non-hydrogen) atoms. The lowest BCUT2D eigenvalue weighted by Gasteiger charge is -2.30. The highest BCUT2D eigenvalue weighted by atomic mass is 19.4. The van der Waals surface area contributed by atoms with E-state index in [9.17, 15) is 30.7 Å². The second-order valence-corrected chi connectivity index (χ2v) is 7.62. The molecule has 1 fully saturated rings. The van der Waals surface area contributed by atoms with E-state index in [0.717, 1.165) is 5.56 Å². The third-order valence-corrected chi connectivity index (χ3v) is 5.44. The van der Waals surface area contributed by atoms with Crippen molar-refractivity contribution >= 4 is 5.83 Å².